The van der Waals surface area contributed by atoms with Crippen LogP contribution in [0.3, 0.4) is 0 Å². The lowest BCUT2D eigenvalue weighted by atomic mass is 10.1. The number of hydrogen-bond acceptors (Lipinski definition) is 6. The first-order valence-electron chi connectivity index (χ1n) is 9.17. The standard InChI is InChI=1S/C20H21N5O3/c1-27-18-6-3-2-5-15(18)16-13-17(23-22-16)20(26)25-11-8-14(9-12-25)28-19-7-4-10-21-24-19/h2-7,10,13-14H,8-9,11-12H2,1H3,(H,22,23). The minimum absolute atomic E-state index is 0.0339. The van der Waals surface area contributed by atoms with Crippen molar-refractivity contribution in [3.05, 3.63) is 54.4 Å². The molecular formula is C20H21N5O3. The van der Waals surface area contributed by atoms with Crippen LogP contribution >= 0.6 is 0 Å². The number of piperidine rings is 1. The Bertz CT molecular complexity index is 936. The third-order valence-corrected chi connectivity index (χ3v) is 4.76. The molecule has 1 aliphatic heterocycles. The summed E-state index contributed by atoms with van der Waals surface area (Å²) in [5.74, 6) is 1.17. The highest BCUT2D eigenvalue weighted by molar-refractivity contribution is 5.93. The van der Waals surface area contributed by atoms with E-state index in [4.69, 9.17) is 9.47 Å². The first kappa shape index (κ1) is 18.0. The van der Waals surface area contributed by atoms with Crippen molar-refractivity contribution in [3.8, 4) is 22.9 Å². The number of para-hydroxylation sites is 1. The van der Waals surface area contributed by atoms with Gasteiger partial charge in [-0.25, -0.2) is 0 Å². The highest BCUT2D eigenvalue weighted by Gasteiger charge is 2.26. The molecule has 4 rings (SSSR count). The van der Waals surface area contributed by atoms with Gasteiger partial charge in [0.1, 0.15) is 17.5 Å². The van der Waals surface area contributed by atoms with Crippen LogP contribution in [-0.2, 0) is 0 Å². The molecule has 8 heteroatoms. The number of benzene rings is 1. The molecule has 0 unspecified atom stereocenters. The van der Waals surface area contributed by atoms with Gasteiger partial charge in [0.2, 0.25) is 5.88 Å². The van der Waals surface area contributed by atoms with Crippen LogP contribution < -0.4 is 9.47 Å². The molecule has 0 saturated carbocycles. The van der Waals surface area contributed by atoms with Crippen LogP contribution in [0.5, 0.6) is 11.6 Å². The van der Waals surface area contributed by atoms with Gasteiger partial charge < -0.3 is 14.4 Å². The molecule has 8 nitrogen and oxygen atoms in total. The molecule has 1 amide bonds. The SMILES string of the molecule is COc1ccccc1-c1cc(C(=O)N2CCC(Oc3cccnn3)CC2)[nH]n1. The van der Waals surface area contributed by atoms with Crippen LogP contribution in [0.25, 0.3) is 11.3 Å². The predicted molar refractivity (Wildman–Crippen MR) is 102 cm³/mol. The normalized spacial score (nSPS) is 14.7. The van der Waals surface area contributed by atoms with Gasteiger partial charge in [0, 0.05) is 43.8 Å². The second-order valence-electron chi connectivity index (χ2n) is 6.54. The number of nitrogens with one attached hydrogen (secondary N) is 1. The number of methoxy groups -OCH3 is 1. The molecule has 0 aliphatic carbocycles. The van der Waals surface area contributed by atoms with Gasteiger partial charge in [-0.15, -0.1) is 5.10 Å². The van der Waals surface area contributed by atoms with Crippen LogP contribution in [0, 0.1) is 0 Å². The zero-order valence-electron chi connectivity index (χ0n) is 15.5. The maximum Gasteiger partial charge on any atom is 0.271 e. The third kappa shape index (κ3) is 3.80. The van der Waals surface area contributed by atoms with Crippen LogP contribution in [-0.4, -0.2) is 57.5 Å². The monoisotopic (exact) mass is 379 g/mol. The number of carbonyl (C=O) groups excluding carboxylic acids is 1. The molecular weight excluding hydrogens is 358 g/mol. The van der Waals surface area contributed by atoms with Crippen molar-refractivity contribution in [2.24, 2.45) is 0 Å². The van der Waals surface area contributed by atoms with Crippen LogP contribution in [0.4, 0.5) is 0 Å². The molecule has 0 radical (unpaired) electrons. The van der Waals surface area contributed by atoms with Crippen LogP contribution in [0.15, 0.2) is 48.7 Å². The van der Waals surface area contributed by atoms with E-state index >= 15 is 0 Å². The molecule has 0 bridgehead atoms. The number of aromatic nitrogens is 4. The lowest BCUT2D eigenvalue weighted by Gasteiger charge is -2.31. The zero-order chi connectivity index (χ0) is 19.3. The quantitative estimate of drug-likeness (QED) is 0.732. The summed E-state index contributed by atoms with van der Waals surface area (Å²) < 4.78 is 11.2. The van der Waals surface area contributed by atoms with Gasteiger partial charge in [-0.3, -0.25) is 9.89 Å². The van der Waals surface area contributed by atoms with Crippen LogP contribution in [0.1, 0.15) is 23.3 Å². The highest BCUT2D eigenvalue weighted by Crippen LogP contribution is 2.28. The average molecular weight is 379 g/mol. The van der Waals surface area contributed by atoms with Crippen molar-refractivity contribution in [2.45, 2.75) is 18.9 Å². The second kappa shape index (κ2) is 8.08. The van der Waals surface area contributed by atoms with Crippen molar-refractivity contribution >= 4 is 5.91 Å². The van der Waals surface area contributed by atoms with Crippen molar-refractivity contribution < 1.29 is 14.3 Å². The fraction of sp³-hybridized carbons (Fsp3) is 0.300. The Kier molecular flexibility index (Phi) is 5.18. The van der Waals surface area contributed by atoms with E-state index in [0.717, 1.165) is 24.2 Å². The Morgan fingerprint density at radius 2 is 2.00 bits per heavy atom. The molecule has 2 aromatic heterocycles. The minimum Gasteiger partial charge on any atom is -0.496 e. The van der Waals surface area contributed by atoms with Gasteiger partial charge in [0.15, 0.2) is 0 Å². The number of H-pyrrole nitrogens is 1. The smallest absolute Gasteiger partial charge is 0.271 e. The number of carbonyl (C=O) groups is 1. The summed E-state index contributed by atoms with van der Waals surface area (Å²) in [6.45, 7) is 1.24. The number of ether oxygens (including phenoxy) is 2. The average Bonchev–Trinajstić information content (AvgIpc) is 3.24. The van der Waals surface area contributed by atoms with Gasteiger partial charge >= 0.3 is 0 Å². The fourth-order valence-electron chi connectivity index (χ4n) is 3.29. The molecule has 28 heavy (non-hydrogen) atoms. The number of rotatable bonds is 5. The van der Waals surface area contributed by atoms with Crippen molar-refractivity contribution in [1.82, 2.24) is 25.3 Å². The van der Waals surface area contributed by atoms with E-state index in [-0.39, 0.29) is 12.0 Å². The van der Waals surface area contributed by atoms with E-state index in [1.807, 2.05) is 29.2 Å². The molecule has 1 aromatic carbocycles. The lowest BCUT2D eigenvalue weighted by Crippen LogP contribution is -2.42. The molecule has 3 aromatic rings. The second-order valence-corrected chi connectivity index (χ2v) is 6.54. The largest absolute Gasteiger partial charge is 0.496 e. The molecule has 0 spiro atoms. The van der Waals surface area contributed by atoms with Crippen molar-refractivity contribution in [2.75, 3.05) is 20.2 Å². The molecule has 1 aliphatic rings. The molecule has 0 atom stereocenters. The Hall–Kier alpha value is -3.42. The van der Waals surface area contributed by atoms with E-state index in [0.29, 0.717) is 30.4 Å². The summed E-state index contributed by atoms with van der Waals surface area (Å²) in [6.07, 6.45) is 3.13. The van der Waals surface area contributed by atoms with Gasteiger partial charge in [-0.05, 0) is 24.3 Å². The Morgan fingerprint density at radius 3 is 2.75 bits per heavy atom. The molecule has 3 heterocycles. The molecule has 1 saturated heterocycles. The van der Waals surface area contributed by atoms with Gasteiger partial charge in [-0.1, -0.05) is 12.1 Å². The number of hydrogen-bond donors (Lipinski definition) is 1. The van der Waals surface area contributed by atoms with E-state index < -0.39 is 0 Å². The van der Waals surface area contributed by atoms with E-state index in [1.165, 1.54) is 0 Å². The number of likely N-dealkylation sites (tertiary alicyclic amines) is 1. The van der Waals surface area contributed by atoms with Crippen LogP contribution in [0.2, 0.25) is 0 Å². The first-order valence-corrected chi connectivity index (χ1v) is 9.17. The number of amides is 1. The summed E-state index contributed by atoms with van der Waals surface area (Å²) in [5, 5.41) is 14.9. The maximum absolute atomic E-state index is 12.8. The van der Waals surface area contributed by atoms with E-state index in [2.05, 4.69) is 20.4 Å². The third-order valence-electron chi connectivity index (χ3n) is 4.76. The van der Waals surface area contributed by atoms with Crippen molar-refractivity contribution in [3.63, 3.8) is 0 Å². The minimum atomic E-state index is -0.0633. The zero-order valence-corrected chi connectivity index (χ0v) is 15.5. The summed E-state index contributed by atoms with van der Waals surface area (Å²) in [7, 11) is 1.62. The summed E-state index contributed by atoms with van der Waals surface area (Å²) in [6, 6.07) is 12.9. The number of nitrogens with zero attached hydrogens (tertiary/aromatic N) is 4. The summed E-state index contributed by atoms with van der Waals surface area (Å²) >= 11 is 0. The highest BCUT2D eigenvalue weighted by atomic mass is 16.5. The Balaban J connectivity index is 1.39. The van der Waals surface area contributed by atoms with E-state index in [1.54, 1.807) is 31.5 Å². The maximum atomic E-state index is 12.8. The Morgan fingerprint density at radius 1 is 1.18 bits per heavy atom. The molecule has 1 fully saturated rings. The number of aromatic amines is 1. The van der Waals surface area contributed by atoms with Crippen molar-refractivity contribution in [1.29, 1.82) is 0 Å². The fourth-order valence-corrected chi connectivity index (χ4v) is 3.29. The molecule has 1 N–H and O–H groups in total. The topological polar surface area (TPSA) is 93.2 Å². The molecule has 144 valence electrons. The van der Waals surface area contributed by atoms with Gasteiger partial charge in [0.05, 0.1) is 12.8 Å². The Labute approximate surface area is 162 Å². The van der Waals surface area contributed by atoms with Gasteiger partial charge in [-0.2, -0.15) is 10.2 Å². The van der Waals surface area contributed by atoms with Gasteiger partial charge in [0.25, 0.3) is 5.91 Å². The lowest BCUT2D eigenvalue weighted by molar-refractivity contribution is 0.0580. The summed E-state index contributed by atoms with van der Waals surface area (Å²) in [4.78, 5) is 14.6. The van der Waals surface area contributed by atoms with E-state index in [9.17, 15) is 4.79 Å². The predicted octanol–water partition coefficient (Wildman–Crippen LogP) is 2.56. The summed E-state index contributed by atoms with van der Waals surface area (Å²) in [5.41, 5.74) is 1.99. The first-order chi connectivity index (χ1) is 13.7.